The summed E-state index contributed by atoms with van der Waals surface area (Å²) in [6.45, 7) is 1.47. The van der Waals surface area contributed by atoms with Gasteiger partial charge in [0, 0.05) is 24.3 Å². The number of anilines is 2. The van der Waals surface area contributed by atoms with Gasteiger partial charge in [0.1, 0.15) is 5.56 Å². The van der Waals surface area contributed by atoms with Gasteiger partial charge in [-0.15, -0.1) is 0 Å². The maximum Gasteiger partial charge on any atom is 0.434 e. The number of benzene rings is 2. The van der Waals surface area contributed by atoms with Crippen LogP contribution in [0.15, 0.2) is 60.8 Å². The minimum atomic E-state index is -4.86. The molecule has 0 bridgehead atoms. The Morgan fingerprint density at radius 2 is 1.63 bits per heavy atom. The van der Waals surface area contributed by atoms with E-state index in [2.05, 4.69) is 25.8 Å². The zero-order valence-electron chi connectivity index (χ0n) is 18.6. The van der Waals surface area contributed by atoms with Crippen molar-refractivity contribution in [3.63, 3.8) is 0 Å². The van der Waals surface area contributed by atoms with Gasteiger partial charge in [0.15, 0.2) is 5.69 Å². The molecule has 35 heavy (non-hydrogen) atoms. The molecule has 0 atom stereocenters. The van der Waals surface area contributed by atoms with E-state index in [1.54, 1.807) is 24.3 Å². The van der Waals surface area contributed by atoms with Crippen LogP contribution < -0.4 is 16.0 Å². The second-order valence-corrected chi connectivity index (χ2v) is 7.13. The Morgan fingerprint density at radius 3 is 2.26 bits per heavy atom. The van der Waals surface area contributed by atoms with Crippen LogP contribution in [-0.4, -0.2) is 40.8 Å². The number of ether oxygens (including phenoxy) is 1. The normalized spacial score (nSPS) is 11.0. The molecule has 0 aliphatic carbocycles. The standard InChI is InChI=1S/C23H22F3N5O4/c1-2-35-21(33)18-14-28-31(20(18)23(24,25)26)17-10-8-16(9-11-17)29-19(32)12-13-27-22(34)30-15-6-4-3-5-7-15/h3-11,14H,2,12-13H2,1H3,(H,29,32)(H2,27,30,34). The van der Waals surface area contributed by atoms with Crippen LogP contribution in [0, 0.1) is 0 Å². The molecule has 1 aromatic heterocycles. The summed E-state index contributed by atoms with van der Waals surface area (Å²) in [6.07, 6.45) is -4.08. The first-order valence-corrected chi connectivity index (χ1v) is 10.5. The molecular formula is C23H22F3N5O4. The molecule has 3 aromatic rings. The van der Waals surface area contributed by atoms with Crippen molar-refractivity contribution in [1.82, 2.24) is 15.1 Å². The van der Waals surface area contributed by atoms with E-state index in [1.165, 1.54) is 31.2 Å². The number of carbonyl (C=O) groups is 3. The topological polar surface area (TPSA) is 114 Å². The first-order chi connectivity index (χ1) is 16.7. The van der Waals surface area contributed by atoms with Crippen LogP contribution in [0.2, 0.25) is 0 Å². The lowest BCUT2D eigenvalue weighted by molar-refractivity contribution is -0.143. The van der Waals surface area contributed by atoms with Gasteiger partial charge < -0.3 is 20.7 Å². The molecule has 0 radical (unpaired) electrons. The number of carbonyl (C=O) groups excluding carboxylic acids is 3. The average molecular weight is 489 g/mol. The van der Waals surface area contributed by atoms with E-state index < -0.39 is 35.3 Å². The maximum atomic E-state index is 13.6. The van der Waals surface area contributed by atoms with Crippen molar-refractivity contribution in [2.75, 3.05) is 23.8 Å². The molecule has 2 aromatic carbocycles. The molecule has 0 aliphatic rings. The van der Waals surface area contributed by atoms with Crippen LogP contribution in [-0.2, 0) is 15.7 Å². The van der Waals surface area contributed by atoms with Gasteiger partial charge in [-0.1, -0.05) is 18.2 Å². The SMILES string of the molecule is CCOC(=O)c1cnn(-c2ccc(NC(=O)CCNC(=O)Nc3ccccc3)cc2)c1C(F)(F)F. The number of hydrogen-bond acceptors (Lipinski definition) is 5. The third-order valence-corrected chi connectivity index (χ3v) is 4.60. The van der Waals surface area contributed by atoms with Crippen molar-refractivity contribution in [3.8, 4) is 5.69 Å². The Morgan fingerprint density at radius 1 is 0.971 bits per heavy atom. The molecule has 0 unspecified atom stereocenters. The molecule has 3 rings (SSSR count). The van der Waals surface area contributed by atoms with Crippen LogP contribution in [0.4, 0.5) is 29.3 Å². The van der Waals surface area contributed by atoms with Crippen LogP contribution >= 0.6 is 0 Å². The van der Waals surface area contributed by atoms with Crippen molar-refractivity contribution in [2.45, 2.75) is 19.5 Å². The molecule has 0 saturated carbocycles. The summed E-state index contributed by atoms with van der Waals surface area (Å²) in [4.78, 5) is 35.9. The largest absolute Gasteiger partial charge is 0.462 e. The van der Waals surface area contributed by atoms with Crippen molar-refractivity contribution in [2.24, 2.45) is 0 Å². The molecule has 12 heteroatoms. The summed E-state index contributed by atoms with van der Waals surface area (Å²) in [5, 5.41) is 11.5. The molecule has 1 heterocycles. The summed E-state index contributed by atoms with van der Waals surface area (Å²) in [7, 11) is 0. The molecule has 184 valence electrons. The number of rotatable bonds is 8. The summed E-state index contributed by atoms with van der Waals surface area (Å²) in [5.41, 5.74) is -0.980. The zero-order valence-corrected chi connectivity index (χ0v) is 18.6. The quantitative estimate of drug-likeness (QED) is 0.410. The number of nitrogens with zero attached hydrogens (tertiary/aromatic N) is 2. The van der Waals surface area contributed by atoms with E-state index in [-0.39, 0.29) is 25.3 Å². The Kier molecular flexibility index (Phi) is 8.08. The first-order valence-electron chi connectivity index (χ1n) is 10.5. The highest BCUT2D eigenvalue weighted by atomic mass is 19.4. The Labute approximate surface area is 198 Å². The summed E-state index contributed by atoms with van der Waals surface area (Å²) in [6, 6.07) is 13.7. The maximum absolute atomic E-state index is 13.6. The van der Waals surface area contributed by atoms with Crippen LogP contribution in [0.5, 0.6) is 0 Å². The van der Waals surface area contributed by atoms with E-state index in [1.807, 2.05) is 6.07 Å². The zero-order chi connectivity index (χ0) is 25.4. The number of nitrogens with one attached hydrogen (secondary N) is 3. The summed E-state index contributed by atoms with van der Waals surface area (Å²) in [5.74, 6) is -1.53. The molecule has 0 aliphatic heterocycles. The smallest absolute Gasteiger partial charge is 0.434 e. The predicted molar refractivity (Wildman–Crippen MR) is 121 cm³/mol. The van der Waals surface area contributed by atoms with Crippen LogP contribution in [0.3, 0.4) is 0 Å². The Balaban J connectivity index is 1.59. The molecule has 3 N–H and O–H groups in total. The molecular weight excluding hydrogens is 467 g/mol. The van der Waals surface area contributed by atoms with Crippen LogP contribution in [0.25, 0.3) is 5.69 Å². The van der Waals surface area contributed by atoms with E-state index in [9.17, 15) is 27.6 Å². The van der Waals surface area contributed by atoms with Gasteiger partial charge in [-0.2, -0.15) is 18.3 Å². The number of halogens is 3. The first kappa shape index (κ1) is 25.3. The highest BCUT2D eigenvalue weighted by Gasteiger charge is 2.41. The Hall–Kier alpha value is -4.35. The lowest BCUT2D eigenvalue weighted by Crippen LogP contribution is -2.31. The number of esters is 1. The second kappa shape index (κ2) is 11.2. The van der Waals surface area contributed by atoms with Gasteiger partial charge in [0.2, 0.25) is 5.91 Å². The lowest BCUT2D eigenvalue weighted by atomic mass is 10.2. The summed E-state index contributed by atoms with van der Waals surface area (Å²) >= 11 is 0. The number of hydrogen-bond donors (Lipinski definition) is 3. The Bertz CT molecular complexity index is 1180. The third kappa shape index (κ3) is 6.82. The van der Waals surface area contributed by atoms with E-state index in [4.69, 9.17) is 0 Å². The molecule has 0 spiro atoms. The minimum absolute atomic E-state index is 0.0236. The third-order valence-electron chi connectivity index (χ3n) is 4.60. The van der Waals surface area contributed by atoms with Gasteiger partial charge in [-0.05, 0) is 43.3 Å². The van der Waals surface area contributed by atoms with Crippen molar-refractivity contribution in [1.29, 1.82) is 0 Å². The number of alkyl halides is 3. The van der Waals surface area contributed by atoms with E-state index in [0.717, 1.165) is 6.20 Å². The van der Waals surface area contributed by atoms with Crippen molar-refractivity contribution in [3.05, 3.63) is 72.1 Å². The predicted octanol–water partition coefficient (Wildman–Crippen LogP) is 4.22. The van der Waals surface area contributed by atoms with Gasteiger partial charge in [-0.3, -0.25) is 4.79 Å². The fraction of sp³-hybridized carbons (Fsp3) is 0.217. The molecule has 3 amide bonds. The van der Waals surface area contributed by atoms with Gasteiger partial charge in [0.05, 0.1) is 18.5 Å². The molecule has 9 nitrogen and oxygen atoms in total. The second-order valence-electron chi connectivity index (χ2n) is 7.13. The lowest BCUT2D eigenvalue weighted by Gasteiger charge is -2.13. The fourth-order valence-electron chi connectivity index (χ4n) is 3.07. The van der Waals surface area contributed by atoms with Crippen molar-refractivity contribution < 1.29 is 32.3 Å². The van der Waals surface area contributed by atoms with E-state index in [0.29, 0.717) is 16.1 Å². The number of aromatic nitrogens is 2. The van der Waals surface area contributed by atoms with Gasteiger partial charge >= 0.3 is 18.2 Å². The van der Waals surface area contributed by atoms with Gasteiger partial charge in [0.25, 0.3) is 0 Å². The summed E-state index contributed by atoms with van der Waals surface area (Å²) < 4.78 is 46.1. The van der Waals surface area contributed by atoms with Crippen LogP contribution in [0.1, 0.15) is 29.4 Å². The molecule has 0 fully saturated rings. The number of amides is 3. The van der Waals surface area contributed by atoms with Gasteiger partial charge in [-0.25, -0.2) is 14.3 Å². The van der Waals surface area contributed by atoms with Crippen molar-refractivity contribution >= 4 is 29.3 Å². The monoisotopic (exact) mass is 489 g/mol. The fourth-order valence-corrected chi connectivity index (χ4v) is 3.07. The highest BCUT2D eigenvalue weighted by Crippen LogP contribution is 2.34. The number of para-hydroxylation sites is 1. The minimum Gasteiger partial charge on any atom is -0.462 e. The van der Waals surface area contributed by atoms with E-state index >= 15 is 0 Å². The number of urea groups is 1. The average Bonchev–Trinajstić information content (AvgIpc) is 3.26. The molecule has 0 saturated heterocycles. The highest BCUT2D eigenvalue weighted by molar-refractivity contribution is 5.93.